The number of rotatable bonds is 3. The van der Waals surface area contributed by atoms with Crippen LogP contribution in [0.1, 0.15) is 49.4 Å². The van der Waals surface area contributed by atoms with Crippen molar-refractivity contribution >= 4 is 11.6 Å². The summed E-state index contributed by atoms with van der Waals surface area (Å²) in [4.78, 5) is 23.1. The van der Waals surface area contributed by atoms with Crippen molar-refractivity contribution in [1.29, 1.82) is 0 Å². The van der Waals surface area contributed by atoms with E-state index in [1.807, 2.05) is 20.8 Å². The molecule has 1 aromatic rings. The van der Waals surface area contributed by atoms with Gasteiger partial charge in [-0.2, -0.15) is 0 Å². The molecule has 2 N–H and O–H groups in total. The minimum Gasteiger partial charge on any atom is -0.391 e. The lowest BCUT2D eigenvalue weighted by molar-refractivity contribution is 0.0245. The Balaban J connectivity index is 2.27. The molecule has 2 rings (SSSR count). The topological polar surface area (TPSA) is 78.4 Å². The lowest BCUT2D eigenvalue weighted by Crippen LogP contribution is -2.46. The van der Waals surface area contributed by atoms with Gasteiger partial charge in [0.2, 0.25) is 0 Å². The maximum absolute atomic E-state index is 12.7. The van der Waals surface area contributed by atoms with E-state index in [1.165, 1.54) is 0 Å². The van der Waals surface area contributed by atoms with Gasteiger partial charge in [0.05, 0.1) is 18.0 Å². The van der Waals surface area contributed by atoms with Gasteiger partial charge in [0.1, 0.15) is 5.82 Å². The summed E-state index contributed by atoms with van der Waals surface area (Å²) >= 11 is 0. The van der Waals surface area contributed by atoms with Crippen molar-refractivity contribution in [3.8, 4) is 0 Å². The number of carbonyl (C=O) groups excluding carboxylic acids is 1. The highest BCUT2D eigenvalue weighted by atomic mass is 16.3. The van der Waals surface area contributed by atoms with Crippen LogP contribution in [0.2, 0.25) is 0 Å². The van der Waals surface area contributed by atoms with Crippen molar-refractivity contribution < 1.29 is 9.90 Å². The minimum atomic E-state index is -0.466. The Kier molecular flexibility index (Phi) is 4.77. The van der Waals surface area contributed by atoms with Crippen LogP contribution < -0.4 is 5.32 Å². The minimum absolute atomic E-state index is 0.144. The van der Waals surface area contributed by atoms with Crippen LogP contribution >= 0.6 is 0 Å². The largest absolute Gasteiger partial charge is 0.391 e. The van der Waals surface area contributed by atoms with E-state index in [-0.39, 0.29) is 17.7 Å². The molecule has 116 valence electrons. The van der Waals surface area contributed by atoms with Crippen LogP contribution in [0.4, 0.5) is 5.69 Å². The molecule has 0 saturated carbocycles. The van der Waals surface area contributed by atoms with Gasteiger partial charge in [-0.15, -0.1) is 0 Å². The quantitative estimate of drug-likeness (QED) is 0.882. The van der Waals surface area contributed by atoms with Crippen molar-refractivity contribution in [3.63, 3.8) is 0 Å². The van der Waals surface area contributed by atoms with Crippen LogP contribution in [0, 0.1) is 5.92 Å². The van der Waals surface area contributed by atoms with E-state index in [2.05, 4.69) is 15.3 Å². The van der Waals surface area contributed by atoms with Gasteiger partial charge in [-0.25, -0.2) is 9.97 Å². The summed E-state index contributed by atoms with van der Waals surface area (Å²) in [6, 6.07) is 0. The average molecular weight is 292 g/mol. The van der Waals surface area contributed by atoms with E-state index >= 15 is 0 Å². The van der Waals surface area contributed by atoms with Gasteiger partial charge in [0.25, 0.3) is 5.91 Å². The highest BCUT2D eigenvalue weighted by Gasteiger charge is 2.30. The fraction of sp³-hybridized carbons (Fsp3) is 0.667. The third-order valence-electron chi connectivity index (χ3n) is 4.00. The maximum Gasteiger partial charge on any atom is 0.274 e. The number of hydrogen-bond donors (Lipinski definition) is 2. The smallest absolute Gasteiger partial charge is 0.274 e. The normalized spacial score (nSPS) is 22.5. The van der Waals surface area contributed by atoms with E-state index < -0.39 is 6.10 Å². The fourth-order valence-electron chi connectivity index (χ4n) is 2.40. The number of piperidine rings is 1. The second-order valence-electron chi connectivity index (χ2n) is 5.98. The molecular weight excluding hydrogens is 268 g/mol. The molecule has 21 heavy (non-hydrogen) atoms. The van der Waals surface area contributed by atoms with Crippen molar-refractivity contribution in [2.75, 3.05) is 25.5 Å². The molecule has 6 heteroatoms. The number of amides is 1. The molecule has 0 aliphatic carbocycles. The first-order valence-corrected chi connectivity index (χ1v) is 7.46. The molecule has 0 radical (unpaired) electrons. The molecule has 0 bridgehead atoms. The van der Waals surface area contributed by atoms with E-state index in [0.717, 1.165) is 6.42 Å². The van der Waals surface area contributed by atoms with Gasteiger partial charge < -0.3 is 15.3 Å². The number of aliphatic hydroxyl groups is 1. The highest BCUT2D eigenvalue weighted by molar-refractivity contribution is 5.97. The molecule has 2 unspecified atom stereocenters. The summed E-state index contributed by atoms with van der Waals surface area (Å²) in [6.45, 7) is 7.02. The van der Waals surface area contributed by atoms with Gasteiger partial charge in [0, 0.05) is 26.1 Å². The average Bonchev–Trinajstić information content (AvgIpc) is 2.48. The molecule has 2 atom stereocenters. The second-order valence-corrected chi connectivity index (χ2v) is 5.98. The lowest BCUT2D eigenvalue weighted by atomic mass is 9.96. The van der Waals surface area contributed by atoms with E-state index in [9.17, 15) is 9.90 Å². The maximum atomic E-state index is 12.7. The number of anilines is 1. The van der Waals surface area contributed by atoms with Crippen LogP contribution in [0.5, 0.6) is 0 Å². The number of nitrogens with zero attached hydrogens (tertiary/aromatic N) is 3. The van der Waals surface area contributed by atoms with Crippen LogP contribution in [0.25, 0.3) is 0 Å². The Morgan fingerprint density at radius 3 is 2.81 bits per heavy atom. The SMILES string of the molecule is CNc1cnc(C(C)C)nc1C(=O)N1CCC(C)C(O)C1. The zero-order valence-corrected chi connectivity index (χ0v) is 13.1. The third kappa shape index (κ3) is 3.32. The predicted octanol–water partition coefficient (Wildman–Crippen LogP) is 1.48. The van der Waals surface area contributed by atoms with Crippen molar-refractivity contribution in [1.82, 2.24) is 14.9 Å². The molecule has 1 aliphatic heterocycles. The first-order valence-electron chi connectivity index (χ1n) is 7.46. The van der Waals surface area contributed by atoms with Gasteiger partial charge in [-0.3, -0.25) is 4.79 Å². The summed E-state index contributed by atoms with van der Waals surface area (Å²) < 4.78 is 0. The summed E-state index contributed by atoms with van der Waals surface area (Å²) in [5, 5.41) is 12.9. The van der Waals surface area contributed by atoms with Crippen LogP contribution in [-0.4, -0.2) is 52.1 Å². The number of β-amino-alcohol motifs (C(OH)–C–C–N with tert-alkyl or cyclic N) is 1. The van der Waals surface area contributed by atoms with Crippen molar-refractivity contribution in [3.05, 3.63) is 17.7 Å². The number of aromatic nitrogens is 2. The molecule has 1 saturated heterocycles. The standard InChI is InChI=1S/C15H24N4O2/c1-9(2)14-17-7-11(16-4)13(18-14)15(21)19-6-5-10(3)12(20)8-19/h7,9-10,12,16,20H,5-6,8H2,1-4H3. The van der Waals surface area contributed by atoms with Gasteiger partial charge in [0.15, 0.2) is 5.69 Å². The number of nitrogens with one attached hydrogen (secondary N) is 1. The van der Waals surface area contributed by atoms with Crippen molar-refractivity contribution in [2.45, 2.75) is 39.2 Å². The second kappa shape index (κ2) is 6.39. The van der Waals surface area contributed by atoms with Gasteiger partial charge in [-0.1, -0.05) is 20.8 Å². The first kappa shape index (κ1) is 15.7. The monoisotopic (exact) mass is 292 g/mol. The van der Waals surface area contributed by atoms with Crippen LogP contribution in [0.3, 0.4) is 0 Å². The van der Waals surface area contributed by atoms with Crippen LogP contribution in [-0.2, 0) is 0 Å². The molecular formula is C15H24N4O2. The lowest BCUT2D eigenvalue weighted by Gasteiger charge is -2.34. The molecule has 1 amide bonds. The summed E-state index contributed by atoms with van der Waals surface area (Å²) in [5.74, 6) is 0.904. The number of likely N-dealkylation sites (tertiary alicyclic amines) is 1. The highest BCUT2D eigenvalue weighted by Crippen LogP contribution is 2.22. The summed E-state index contributed by atoms with van der Waals surface area (Å²) in [6.07, 6.45) is 2.00. The molecule has 1 fully saturated rings. The first-order chi connectivity index (χ1) is 9.93. The third-order valence-corrected chi connectivity index (χ3v) is 4.00. The number of carbonyl (C=O) groups is 1. The van der Waals surface area contributed by atoms with Gasteiger partial charge in [-0.05, 0) is 12.3 Å². The molecule has 1 aromatic heterocycles. The molecule has 0 spiro atoms. The summed E-state index contributed by atoms with van der Waals surface area (Å²) in [7, 11) is 1.75. The zero-order valence-electron chi connectivity index (χ0n) is 13.1. The zero-order chi connectivity index (χ0) is 15.6. The Morgan fingerprint density at radius 1 is 1.52 bits per heavy atom. The Bertz CT molecular complexity index is 518. The predicted molar refractivity (Wildman–Crippen MR) is 81.4 cm³/mol. The van der Waals surface area contributed by atoms with Crippen LogP contribution in [0.15, 0.2) is 6.20 Å². The number of aliphatic hydroxyl groups excluding tert-OH is 1. The Labute approximate surface area is 125 Å². The van der Waals surface area contributed by atoms with Gasteiger partial charge >= 0.3 is 0 Å². The van der Waals surface area contributed by atoms with E-state index in [1.54, 1.807) is 18.1 Å². The molecule has 1 aliphatic rings. The molecule has 6 nitrogen and oxygen atoms in total. The van der Waals surface area contributed by atoms with Crippen molar-refractivity contribution in [2.24, 2.45) is 5.92 Å². The summed E-state index contributed by atoms with van der Waals surface area (Å²) in [5.41, 5.74) is 1.01. The van der Waals surface area contributed by atoms with E-state index in [0.29, 0.717) is 30.3 Å². The Morgan fingerprint density at radius 2 is 2.24 bits per heavy atom. The Hall–Kier alpha value is -1.69. The molecule has 0 aromatic carbocycles. The molecule has 2 heterocycles. The fourth-order valence-corrected chi connectivity index (χ4v) is 2.40. The van der Waals surface area contributed by atoms with E-state index in [4.69, 9.17) is 0 Å². The number of hydrogen-bond acceptors (Lipinski definition) is 5.